The van der Waals surface area contributed by atoms with E-state index in [0.29, 0.717) is 11.6 Å². The maximum atomic E-state index is 12.0. The van der Waals surface area contributed by atoms with E-state index in [9.17, 15) is 4.79 Å². The number of nitrogens with zero attached hydrogens (tertiary/aromatic N) is 1. The fourth-order valence-electron chi connectivity index (χ4n) is 7.46. The predicted molar refractivity (Wildman–Crippen MR) is 128 cm³/mol. The van der Waals surface area contributed by atoms with E-state index in [1.165, 1.54) is 103 Å². The topological polar surface area (TPSA) is 29.5 Å². The minimum Gasteiger partial charge on any atom is -0.459 e. The molecule has 4 rings (SSSR count). The van der Waals surface area contributed by atoms with E-state index in [-0.39, 0.29) is 12.1 Å². The molecule has 176 valence electrons. The molecule has 0 saturated heterocycles. The van der Waals surface area contributed by atoms with Crippen molar-refractivity contribution >= 4 is 5.97 Å². The molecule has 4 fully saturated rings. The van der Waals surface area contributed by atoms with Crippen LogP contribution in [-0.2, 0) is 9.53 Å². The first kappa shape index (κ1) is 23.3. The smallest absolute Gasteiger partial charge is 0.333 e. The van der Waals surface area contributed by atoms with E-state index < -0.39 is 0 Å². The second kappa shape index (κ2) is 11.3. The van der Waals surface area contributed by atoms with E-state index >= 15 is 0 Å². The molecule has 0 bridgehead atoms. The molecule has 0 unspecified atom stereocenters. The van der Waals surface area contributed by atoms with E-state index in [4.69, 9.17) is 4.74 Å². The van der Waals surface area contributed by atoms with E-state index in [0.717, 1.165) is 36.8 Å². The summed E-state index contributed by atoms with van der Waals surface area (Å²) in [7, 11) is 0. The summed E-state index contributed by atoms with van der Waals surface area (Å²) in [5, 5.41) is 0. The van der Waals surface area contributed by atoms with Crippen molar-refractivity contribution in [1.82, 2.24) is 4.90 Å². The second-order valence-electron chi connectivity index (χ2n) is 11.3. The Labute approximate surface area is 191 Å². The summed E-state index contributed by atoms with van der Waals surface area (Å²) in [6.45, 7) is 5.50. The third kappa shape index (κ3) is 6.15. The largest absolute Gasteiger partial charge is 0.459 e. The van der Waals surface area contributed by atoms with Crippen molar-refractivity contribution in [2.75, 3.05) is 0 Å². The Balaban J connectivity index is 1.34. The second-order valence-corrected chi connectivity index (χ2v) is 11.3. The lowest BCUT2D eigenvalue weighted by Gasteiger charge is -2.49. The van der Waals surface area contributed by atoms with Gasteiger partial charge in [-0.05, 0) is 83.0 Å². The summed E-state index contributed by atoms with van der Waals surface area (Å²) >= 11 is 0. The molecule has 3 nitrogen and oxygen atoms in total. The van der Waals surface area contributed by atoms with Gasteiger partial charge < -0.3 is 4.74 Å². The highest BCUT2D eigenvalue weighted by Crippen LogP contribution is 2.42. The molecule has 31 heavy (non-hydrogen) atoms. The Hall–Kier alpha value is -0.830. The van der Waals surface area contributed by atoms with Gasteiger partial charge in [-0.3, -0.25) is 4.90 Å². The van der Waals surface area contributed by atoms with Gasteiger partial charge in [0, 0.05) is 23.7 Å². The van der Waals surface area contributed by atoms with Gasteiger partial charge in [0.2, 0.25) is 0 Å². The molecule has 0 aromatic rings. The summed E-state index contributed by atoms with van der Waals surface area (Å²) in [5.74, 6) is 1.85. The highest BCUT2D eigenvalue weighted by atomic mass is 16.5. The Morgan fingerprint density at radius 2 is 1.10 bits per heavy atom. The molecule has 0 amide bonds. The molecule has 3 heteroatoms. The number of hydrogen-bond acceptors (Lipinski definition) is 3. The van der Waals surface area contributed by atoms with Gasteiger partial charge in [-0.2, -0.15) is 0 Å². The standard InChI is InChI=1S/C28H47NO2/c1-21(2)28(30)31-27-19-17-26(18-20-27)29(24-11-7-4-8-12-24)25-15-13-23(14-16-25)22-9-5-3-6-10-22/h22-27H,1,3-20H2,2H3. The lowest BCUT2D eigenvalue weighted by Crippen LogP contribution is -2.53. The monoisotopic (exact) mass is 429 g/mol. The van der Waals surface area contributed by atoms with Crippen LogP contribution in [0.15, 0.2) is 12.2 Å². The highest BCUT2D eigenvalue weighted by Gasteiger charge is 2.38. The number of rotatable bonds is 6. The molecule has 0 radical (unpaired) electrons. The summed E-state index contributed by atoms with van der Waals surface area (Å²) in [5.41, 5.74) is 0.528. The molecule has 4 saturated carbocycles. The average molecular weight is 430 g/mol. The van der Waals surface area contributed by atoms with Gasteiger partial charge >= 0.3 is 5.97 Å². The minimum atomic E-state index is -0.200. The van der Waals surface area contributed by atoms with Crippen molar-refractivity contribution in [1.29, 1.82) is 0 Å². The normalized spacial score (nSPS) is 33.9. The Morgan fingerprint density at radius 1 is 0.645 bits per heavy atom. The van der Waals surface area contributed by atoms with Crippen LogP contribution in [0, 0.1) is 11.8 Å². The van der Waals surface area contributed by atoms with E-state index in [2.05, 4.69) is 11.5 Å². The molecule has 0 N–H and O–H groups in total. The van der Waals surface area contributed by atoms with Gasteiger partial charge in [-0.25, -0.2) is 4.79 Å². The number of ether oxygens (including phenoxy) is 1. The van der Waals surface area contributed by atoms with Crippen LogP contribution < -0.4 is 0 Å². The van der Waals surface area contributed by atoms with Crippen molar-refractivity contribution in [3.8, 4) is 0 Å². The fourth-order valence-corrected chi connectivity index (χ4v) is 7.46. The van der Waals surface area contributed by atoms with Gasteiger partial charge in [-0.1, -0.05) is 57.9 Å². The van der Waals surface area contributed by atoms with Crippen molar-refractivity contribution < 1.29 is 9.53 Å². The summed E-state index contributed by atoms with van der Waals surface area (Å²) < 4.78 is 5.70. The number of carbonyl (C=O) groups is 1. The van der Waals surface area contributed by atoms with E-state index in [1.54, 1.807) is 6.92 Å². The van der Waals surface area contributed by atoms with Crippen LogP contribution in [-0.4, -0.2) is 35.1 Å². The fraction of sp³-hybridized carbons (Fsp3) is 0.893. The van der Waals surface area contributed by atoms with Crippen molar-refractivity contribution in [2.24, 2.45) is 11.8 Å². The minimum absolute atomic E-state index is 0.107. The average Bonchev–Trinajstić information content (AvgIpc) is 2.82. The number of hydrogen-bond donors (Lipinski definition) is 0. The van der Waals surface area contributed by atoms with Gasteiger partial charge in [0.15, 0.2) is 0 Å². The molecule has 0 heterocycles. The van der Waals surface area contributed by atoms with Crippen LogP contribution in [0.1, 0.15) is 122 Å². The van der Waals surface area contributed by atoms with Crippen LogP contribution in [0.4, 0.5) is 0 Å². The predicted octanol–water partition coefficient (Wildman–Crippen LogP) is 7.19. The molecule has 0 aliphatic heterocycles. The zero-order valence-corrected chi connectivity index (χ0v) is 20.2. The van der Waals surface area contributed by atoms with Crippen molar-refractivity contribution in [3.63, 3.8) is 0 Å². The van der Waals surface area contributed by atoms with E-state index in [1.807, 2.05) is 0 Å². The zero-order valence-electron chi connectivity index (χ0n) is 20.2. The molecular weight excluding hydrogens is 382 g/mol. The first-order chi connectivity index (χ1) is 15.1. The van der Waals surface area contributed by atoms with Crippen LogP contribution in [0.2, 0.25) is 0 Å². The maximum Gasteiger partial charge on any atom is 0.333 e. The lowest BCUT2D eigenvalue weighted by molar-refractivity contribution is -0.146. The van der Waals surface area contributed by atoms with Crippen LogP contribution in [0.5, 0.6) is 0 Å². The van der Waals surface area contributed by atoms with Crippen LogP contribution in [0.25, 0.3) is 0 Å². The van der Waals surface area contributed by atoms with Gasteiger partial charge in [-0.15, -0.1) is 0 Å². The third-order valence-corrected chi connectivity index (χ3v) is 9.16. The van der Waals surface area contributed by atoms with Crippen LogP contribution >= 0.6 is 0 Å². The van der Waals surface area contributed by atoms with Gasteiger partial charge in [0.25, 0.3) is 0 Å². The Kier molecular flexibility index (Phi) is 8.54. The summed E-state index contributed by atoms with van der Waals surface area (Å²) in [4.78, 5) is 15.0. The third-order valence-electron chi connectivity index (χ3n) is 9.16. The van der Waals surface area contributed by atoms with Crippen LogP contribution in [0.3, 0.4) is 0 Å². The van der Waals surface area contributed by atoms with Gasteiger partial charge in [0.05, 0.1) is 0 Å². The molecule has 0 aromatic heterocycles. The maximum absolute atomic E-state index is 12.0. The summed E-state index contributed by atoms with van der Waals surface area (Å²) in [6, 6.07) is 2.33. The van der Waals surface area contributed by atoms with Crippen molar-refractivity contribution in [2.45, 2.75) is 147 Å². The molecule has 4 aliphatic carbocycles. The first-order valence-electron chi connectivity index (χ1n) is 13.8. The Bertz CT molecular complexity index is 574. The quantitative estimate of drug-likeness (QED) is 0.330. The molecular formula is C28H47NO2. The van der Waals surface area contributed by atoms with Gasteiger partial charge in [0.1, 0.15) is 6.10 Å². The Morgan fingerprint density at radius 3 is 1.65 bits per heavy atom. The summed E-state index contributed by atoms with van der Waals surface area (Å²) in [6.07, 6.45) is 24.9. The molecule has 0 spiro atoms. The lowest BCUT2D eigenvalue weighted by atomic mass is 9.71. The van der Waals surface area contributed by atoms with Crippen molar-refractivity contribution in [3.05, 3.63) is 12.2 Å². The molecule has 0 aromatic carbocycles. The highest BCUT2D eigenvalue weighted by molar-refractivity contribution is 5.87. The zero-order chi connectivity index (χ0) is 21.6. The first-order valence-corrected chi connectivity index (χ1v) is 13.8. The molecule has 4 aliphatic rings. The number of esters is 1. The molecule has 0 atom stereocenters. The SMILES string of the molecule is C=C(C)C(=O)OC1CCC(N(C2CCCCC2)C2CCC(C3CCCCC3)CC2)CC1. The number of carbonyl (C=O) groups excluding carboxylic acids is 1.